The molecule has 3 rings (SSSR count). The van der Waals surface area contributed by atoms with Gasteiger partial charge in [0.15, 0.2) is 0 Å². The molecule has 0 amide bonds. The van der Waals surface area contributed by atoms with E-state index in [9.17, 15) is 8.42 Å². The van der Waals surface area contributed by atoms with Gasteiger partial charge in [0.2, 0.25) is 0 Å². The molecule has 0 radical (unpaired) electrons. The first kappa shape index (κ1) is 12.9. The van der Waals surface area contributed by atoms with Gasteiger partial charge in [0.1, 0.15) is 5.84 Å². The number of fused-ring (bicyclic) bond motifs is 1. The Labute approximate surface area is 117 Å². The number of halogens is 1. The highest BCUT2D eigenvalue weighted by atomic mass is 35.5. The molecule has 0 spiro atoms. The Kier molecular flexibility index (Phi) is 3.27. The lowest BCUT2D eigenvalue weighted by Gasteiger charge is -2.05. The molecule has 1 aliphatic heterocycles. The standard InChI is InChI=1S/C13H15ClN2O2S/c14-10-6-5-9(7-10)8-15-13-11-3-1-2-4-12(11)19(17,18)16-13/h1-4,9-10H,5-8H2,(H,15,16). The molecule has 1 aliphatic carbocycles. The Morgan fingerprint density at radius 3 is 2.84 bits per heavy atom. The fraction of sp³-hybridized carbons (Fsp3) is 0.462. The van der Waals surface area contributed by atoms with E-state index in [1.54, 1.807) is 18.2 Å². The molecule has 102 valence electrons. The van der Waals surface area contributed by atoms with Crippen LogP contribution < -0.4 is 4.72 Å². The van der Waals surface area contributed by atoms with Crippen LogP contribution in [0.15, 0.2) is 34.2 Å². The summed E-state index contributed by atoms with van der Waals surface area (Å²) in [5, 5.41) is 0.248. The van der Waals surface area contributed by atoms with E-state index >= 15 is 0 Å². The second kappa shape index (κ2) is 4.80. The first-order valence-electron chi connectivity index (χ1n) is 6.37. The normalized spacial score (nSPS) is 30.3. The zero-order valence-corrected chi connectivity index (χ0v) is 11.9. The summed E-state index contributed by atoms with van der Waals surface area (Å²) in [5.41, 5.74) is 0.669. The fourth-order valence-electron chi connectivity index (χ4n) is 2.65. The Bertz CT molecular complexity index is 627. The summed E-state index contributed by atoms with van der Waals surface area (Å²) in [5.74, 6) is 0.931. The van der Waals surface area contributed by atoms with Gasteiger partial charge in [-0.3, -0.25) is 9.71 Å². The number of hydrogen-bond acceptors (Lipinski definition) is 3. The summed E-state index contributed by atoms with van der Waals surface area (Å²) < 4.78 is 26.3. The van der Waals surface area contributed by atoms with E-state index in [1.165, 1.54) is 0 Å². The van der Waals surface area contributed by atoms with Crippen LogP contribution in [0.2, 0.25) is 0 Å². The molecule has 0 saturated heterocycles. The first-order valence-corrected chi connectivity index (χ1v) is 8.29. The lowest BCUT2D eigenvalue weighted by molar-refractivity contribution is 0.563. The number of nitrogens with zero attached hydrogens (tertiary/aromatic N) is 1. The average Bonchev–Trinajstić information content (AvgIpc) is 2.90. The lowest BCUT2D eigenvalue weighted by Crippen LogP contribution is -2.23. The van der Waals surface area contributed by atoms with Crippen LogP contribution in [0, 0.1) is 5.92 Å². The molecule has 1 saturated carbocycles. The van der Waals surface area contributed by atoms with E-state index in [0.29, 0.717) is 28.8 Å². The topological polar surface area (TPSA) is 58.5 Å². The predicted molar refractivity (Wildman–Crippen MR) is 75.1 cm³/mol. The van der Waals surface area contributed by atoms with Crippen molar-refractivity contribution >= 4 is 27.5 Å². The van der Waals surface area contributed by atoms with Gasteiger partial charge in [-0.15, -0.1) is 11.6 Å². The van der Waals surface area contributed by atoms with Crippen molar-refractivity contribution in [1.29, 1.82) is 0 Å². The molecular formula is C13H15ClN2O2S. The van der Waals surface area contributed by atoms with Gasteiger partial charge in [-0.25, -0.2) is 8.42 Å². The molecule has 0 aromatic heterocycles. The molecule has 2 aliphatic rings. The highest BCUT2D eigenvalue weighted by Crippen LogP contribution is 2.30. The van der Waals surface area contributed by atoms with E-state index in [0.717, 1.165) is 19.3 Å². The van der Waals surface area contributed by atoms with Crippen molar-refractivity contribution < 1.29 is 8.42 Å². The molecule has 2 atom stereocenters. The van der Waals surface area contributed by atoms with Gasteiger partial charge in [0, 0.05) is 17.5 Å². The largest absolute Gasteiger partial charge is 0.267 e. The van der Waals surface area contributed by atoms with Gasteiger partial charge in [-0.05, 0) is 37.3 Å². The Morgan fingerprint density at radius 1 is 1.32 bits per heavy atom. The summed E-state index contributed by atoms with van der Waals surface area (Å²) in [4.78, 5) is 4.76. The maximum atomic E-state index is 11.9. The average molecular weight is 299 g/mol. The van der Waals surface area contributed by atoms with E-state index in [2.05, 4.69) is 9.71 Å². The number of hydrogen-bond donors (Lipinski definition) is 1. The van der Waals surface area contributed by atoms with Gasteiger partial charge >= 0.3 is 0 Å². The highest BCUT2D eigenvalue weighted by molar-refractivity contribution is 7.90. The van der Waals surface area contributed by atoms with Crippen molar-refractivity contribution in [2.24, 2.45) is 10.9 Å². The molecule has 1 aromatic rings. The summed E-state index contributed by atoms with van der Waals surface area (Å²) in [6, 6.07) is 6.92. The molecule has 19 heavy (non-hydrogen) atoms. The quantitative estimate of drug-likeness (QED) is 0.850. The second-order valence-corrected chi connectivity index (χ2v) is 7.34. The molecule has 4 nitrogen and oxygen atoms in total. The summed E-state index contributed by atoms with van der Waals surface area (Å²) in [7, 11) is -3.42. The van der Waals surface area contributed by atoms with Crippen molar-refractivity contribution in [2.75, 3.05) is 6.54 Å². The van der Waals surface area contributed by atoms with Crippen LogP contribution in [0.5, 0.6) is 0 Å². The predicted octanol–water partition coefficient (Wildman–Crippen LogP) is 2.13. The summed E-state index contributed by atoms with van der Waals surface area (Å²) in [6.45, 7) is 0.634. The van der Waals surface area contributed by atoms with Crippen LogP contribution in [0.1, 0.15) is 24.8 Å². The minimum absolute atomic E-state index is 0.248. The van der Waals surface area contributed by atoms with Crippen LogP contribution in [-0.4, -0.2) is 26.2 Å². The third kappa shape index (κ3) is 2.49. The zero-order valence-electron chi connectivity index (χ0n) is 10.3. The minimum atomic E-state index is -3.42. The van der Waals surface area contributed by atoms with Gasteiger partial charge in [0.25, 0.3) is 10.0 Å². The van der Waals surface area contributed by atoms with Gasteiger partial charge in [-0.1, -0.05) is 12.1 Å². The van der Waals surface area contributed by atoms with Crippen molar-refractivity contribution in [2.45, 2.75) is 29.5 Å². The van der Waals surface area contributed by atoms with Crippen LogP contribution in [0.25, 0.3) is 0 Å². The molecule has 6 heteroatoms. The lowest BCUT2D eigenvalue weighted by atomic mass is 10.1. The van der Waals surface area contributed by atoms with Crippen molar-refractivity contribution in [3.63, 3.8) is 0 Å². The van der Waals surface area contributed by atoms with Crippen molar-refractivity contribution in [3.8, 4) is 0 Å². The summed E-state index contributed by atoms with van der Waals surface area (Å²) in [6.07, 6.45) is 3.06. The number of rotatable bonds is 2. The fourth-order valence-corrected chi connectivity index (χ4v) is 4.28. The summed E-state index contributed by atoms with van der Waals surface area (Å²) >= 11 is 6.07. The number of amidine groups is 1. The van der Waals surface area contributed by atoms with Crippen molar-refractivity contribution in [1.82, 2.24) is 4.72 Å². The third-order valence-electron chi connectivity index (χ3n) is 3.65. The monoisotopic (exact) mass is 298 g/mol. The van der Waals surface area contributed by atoms with E-state index < -0.39 is 10.0 Å². The molecule has 1 aromatic carbocycles. The maximum absolute atomic E-state index is 11.9. The maximum Gasteiger partial charge on any atom is 0.263 e. The molecule has 1 heterocycles. The van der Waals surface area contributed by atoms with Gasteiger partial charge in [-0.2, -0.15) is 0 Å². The van der Waals surface area contributed by atoms with Crippen LogP contribution in [-0.2, 0) is 10.0 Å². The van der Waals surface area contributed by atoms with Crippen LogP contribution in [0.4, 0.5) is 0 Å². The number of benzene rings is 1. The number of sulfonamides is 1. The third-order valence-corrected chi connectivity index (χ3v) is 5.44. The van der Waals surface area contributed by atoms with E-state index in [-0.39, 0.29) is 5.38 Å². The molecular weight excluding hydrogens is 284 g/mol. The Balaban J connectivity index is 1.83. The SMILES string of the molecule is O=S1(=O)NC(=NCC2CCC(Cl)C2)c2ccccc21. The zero-order chi connectivity index (χ0) is 13.5. The van der Waals surface area contributed by atoms with Crippen LogP contribution >= 0.6 is 11.6 Å². The van der Waals surface area contributed by atoms with Gasteiger partial charge < -0.3 is 0 Å². The van der Waals surface area contributed by atoms with Crippen molar-refractivity contribution in [3.05, 3.63) is 29.8 Å². The van der Waals surface area contributed by atoms with Crippen LogP contribution in [0.3, 0.4) is 0 Å². The van der Waals surface area contributed by atoms with Gasteiger partial charge in [0.05, 0.1) is 4.90 Å². The molecule has 0 bridgehead atoms. The molecule has 1 N–H and O–H groups in total. The second-order valence-electron chi connectivity index (χ2n) is 5.07. The minimum Gasteiger partial charge on any atom is -0.267 e. The van der Waals surface area contributed by atoms with E-state index in [1.807, 2.05) is 6.07 Å². The molecule has 2 unspecified atom stereocenters. The Hall–Kier alpha value is -1.07. The number of alkyl halides is 1. The molecule has 1 fully saturated rings. The smallest absolute Gasteiger partial charge is 0.263 e. The van der Waals surface area contributed by atoms with E-state index in [4.69, 9.17) is 11.6 Å². The first-order chi connectivity index (χ1) is 9.06. The Morgan fingerprint density at radius 2 is 2.11 bits per heavy atom. The number of aliphatic imine (C=N–C) groups is 1. The number of nitrogens with one attached hydrogen (secondary N) is 1. The highest BCUT2D eigenvalue weighted by Gasteiger charge is 2.30.